The van der Waals surface area contributed by atoms with Crippen LogP contribution in [0.1, 0.15) is 6.92 Å². The number of carbonyl (C=O) groups excluding carboxylic acids is 1. The normalized spacial score (nSPS) is 16.5. The summed E-state index contributed by atoms with van der Waals surface area (Å²) < 4.78 is 67.9. The first-order valence-electron chi connectivity index (χ1n) is 12.7. The number of benzene rings is 2. The van der Waals surface area contributed by atoms with Crippen LogP contribution in [0.25, 0.3) is 0 Å². The summed E-state index contributed by atoms with van der Waals surface area (Å²) in [7, 11) is -1.34. The summed E-state index contributed by atoms with van der Waals surface area (Å²) in [6, 6.07) is 8.83. The molecule has 2 aliphatic heterocycles. The van der Waals surface area contributed by atoms with Crippen LogP contribution in [0.3, 0.4) is 0 Å². The summed E-state index contributed by atoms with van der Waals surface area (Å²) in [4.78, 5) is 20.6. The Morgan fingerprint density at radius 1 is 1.02 bits per heavy atom. The zero-order chi connectivity index (χ0) is 30.5. The molecule has 226 valence electrons. The number of alkyl carbamates (subject to hydrolysis) is 1. The quantitative estimate of drug-likeness (QED) is 0.269. The zero-order valence-corrected chi connectivity index (χ0v) is 24.0. The van der Waals surface area contributed by atoms with E-state index in [2.05, 4.69) is 25.3 Å². The zero-order valence-electron chi connectivity index (χ0n) is 23.2. The van der Waals surface area contributed by atoms with Crippen LogP contribution in [0, 0.1) is 0 Å². The highest BCUT2D eigenvalue weighted by molar-refractivity contribution is 7.92. The highest BCUT2D eigenvalue weighted by atomic mass is 32.2. The molecule has 3 N–H and O–H groups in total. The Hall–Kier alpha value is -5.38. The third-order valence-corrected chi connectivity index (χ3v) is 7.19. The topological polar surface area (TPSA) is 178 Å². The number of sulfonamides is 1. The van der Waals surface area contributed by atoms with Gasteiger partial charge in [0.15, 0.2) is 17.3 Å². The van der Waals surface area contributed by atoms with Gasteiger partial charge < -0.3 is 38.5 Å². The van der Waals surface area contributed by atoms with E-state index in [1.54, 1.807) is 25.1 Å². The van der Waals surface area contributed by atoms with Crippen LogP contribution < -0.4 is 43.8 Å². The second-order valence-corrected chi connectivity index (χ2v) is 10.4. The molecular weight excluding hydrogens is 586 g/mol. The lowest BCUT2D eigenvalue weighted by atomic mass is 10.3. The van der Waals surface area contributed by atoms with E-state index in [4.69, 9.17) is 33.2 Å². The molecule has 0 saturated heterocycles. The van der Waals surface area contributed by atoms with E-state index >= 15 is 0 Å². The van der Waals surface area contributed by atoms with Gasteiger partial charge in [-0.2, -0.15) is 4.98 Å². The Balaban J connectivity index is 1.57. The number of fused-ring (bicyclic) bond motifs is 1. The summed E-state index contributed by atoms with van der Waals surface area (Å²) in [5.74, 6) is -0.880. The SMILES string of the molecule is CCOC(=O)NC1(Oc2ncnc(NS(=O)(=O)c3ccc4c(c3)OCO4)c2Oc2cc(OC)cc(OC)c2)C=CC=CN1. The van der Waals surface area contributed by atoms with Crippen molar-refractivity contribution in [3.63, 3.8) is 0 Å². The molecule has 16 heteroatoms. The number of aromatic nitrogens is 2. The number of nitrogens with one attached hydrogen (secondary N) is 3. The molecule has 3 heterocycles. The van der Waals surface area contributed by atoms with Gasteiger partial charge in [0.2, 0.25) is 12.5 Å². The molecule has 0 fully saturated rings. The van der Waals surface area contributed by atoms with Gasteiger partial charge in [-0.3, -0.25) is 10.0 Å². The van der Waals surface area contributed by atoms with Gasteiger partial charge in [-0.15, -0.1) is 0 Å². The first-order chi connectivity index (χ1) is 20.7. The van der Waals surface area contributed by atoms with Crippen molar-refractivity contribution in [3.8, 4) is 40.4 Å². The van der Waals surface area contributed by atoms with E-state index in [0.29, 0.717) is 17.2 Å². The predicted octanol–water partition coefficient (Wildman–Crippen LogP) is 3.27. The molecule has 1 atom stereocenters. The molecule has 3 aromatic rings. The van der Waals surface area contributed by atoms with Gasteiger partial charge in [0.25, 0.3) is 21.8 Å². The Morgan fingerprint density at radius 3 is 2.47 bits per heavy atom. The molecule has 1 amide bonds. The van der Waals surface area contributed by atoms with E-state index in [1.165, 1.54) is 56.8 Å². The first-order valence-corrected chi connectivity index (χ1v) is 14.2. The summed E-state index contributed by atoms with van der Waals surface area (Å²) in [6.45, 7) is 1.72. The van der Waals surface area contributed by atoms with Crippen molar-refractivity contribution in [2.75, 3.05) is 32.3 Å². The number of hydrogen-bond donors (Lipinski definition) is 3. The monoisotopic (exact) mass is 613 g/mol. The highest BCUT2D eigenvalue weighted by Gasteiger charge is 2.35. The second-order valence-electron chi connectivity index (χ2n) is 8.67. The van der Waals surface area contributed by atoms with Crippen molar-refractivity contribution in [1.29, 1.82) is 0 Å². The maximum atomic E-state index is 13.5. The number of allylic oxidation sites excluding steroid dienone is 2. The van der Waals surface area contributed by atoms with Crippen LogP contribution in [0.2, 0.25) is 0 Å². The third-order valence-electron chi connectivity index (χ3n) is 5.86. The van der Waals surface area contributed by atoms with Gasteiger partial charge in [-0.25, -0.2) is 18.2 Å². The fraction of sp³-hybridized carbons (Fsp3) is 0.222. The summed E-state index contributed by atoms with van der Waals surface area (Å²) in [6.07, 6.45) is 6.55. The molecule has 2 aliphatic rings. The van der Waals surface area contributed by atoms with Crippen molar-refractivity contribution >= 4 is 21.9 Å². The van der Waals surface area contributed by atoms with Crippen LogP contribution in [-0.2, 0) is 14.8 Å². The Kier molecular flexibility index (Phi) is 8.29. The fourth-order valence-corrected chi connectivity index (χ4v) is 4.92. The van der Waals surface area contributed by atoms with Crippen LogP contribution >= 0.6 is 0 Å². The van der Waals surface area contributed by atoms with Gasteiger partial charge in [0.1, 0.15) is 23.6 Å². The van der Waals surface area contributed by atoms with Gasteiger partial charge in [0.05, 0.1) is 25.7 Å². The number of amides is 1. The van der Waals surface area contributed by atoms with Crippen LogP contribution in [0.5, 0.6) is 40.4 Å². The van der Waals surface area contributed by atoms with Crippen molar-refractivity contribution in [2.24, 2.45) is 0 Å². The Labute approximate surface area is 246 Å². The molecule has 1 unspecified atom stereocenters. The maximum absolute atomic E-state index is 13.5. The molecule has 0 aliphatic carbocycles. The highest BCUT2D eigenvalue weighted by Crippen LogP contribution is 2.41. The number of rotatable bonds is 11. The van der Waals surface area contributed by atoms with Crippen molar-refractivity contribution < 1.29 is 46.4 Å². The average Bonchev–Trinajstić information content (AvgIpc) is 3.47. The molecule has 0 spiro atoms. The predicted molar refractivity (Wildman–Crippen MR) is 150 cm³/mol. The minimum Gasteiger partial charge on any atom is -0.496 e. The van der Waals surface area contributed by atoms with E-state index in [9.17, 15) is 13.2 Å². The number of ether oxygens (including phenoxy) is 7. The van der Waals surface area contributed by atoms with Crippen molar-refractivity contribution in [2.45, 2.75) is 17.7 Å². The first kappa shape index (κ1) is 29.1. The minimum absolute atomic E-state index is 0.0277. The van der Waals surface area contributed by atoms with E-state index in [0.717, 1.165) is 6.33 Å². The molecule has 0 saturated carbocycles. The van der Waals surface area contributed by atoms with E-state index in [1.807, 2.05) is 0 Å². The molecular formula is C27H27N5O10S. The van der Waals surface area contributed by atoms with Gasteiger partial charge in [0, 0.05) is 36.5 Å². The molecule has 0 radical (unpaired) electrons. The van der Waals surface area contributed by atoms with E-state index in [-0.39, 0.29) is 47.2 Å². The molecule has 43 heavy (non-hydrogen) atoms. The number of methoxy groups -OCH3 is 2. The Morgan fingerprint density at radius 2 is 1.77 bits per heavy atom. The smallest absolute Gasteiger partial charge is 0.411 e. The number of anilines is 1. The lowest BCUT2D eigenvalue weighted by Gasteiger charge is -2.33. The number of dihydropyridines is 1. The molecule has 15 nitrogen and oxygen atoms in total. The standard InChI is InChI=1S/C27H27N5O10S/c1-4-38-26(33)31-27(9-5-6-10-30-27)42-25-23(41-19-12-17(36-2)11-18(13-19)37-3)24(28-15-29-25)32-43(34,35)20-7-8-21-22(14-20)40-16-39-21/h5-15,30H,4,16H2,1-3H3,(H,31,33)(H,28,29,32). The average molecular weight is 614 g/mol. The van der Waals surface area contributed by atoms with Gasteiger partial charge in [-0.05, 0) is 25.1 Å². The molecule has 5 rings (SSSR count). The number of hydrogen-bond acceptors (Lipinski definition) is 13. The maximum Gasteiger partial charge on any atom is 0.411 e. The van der Waals surface area contributed by atoms with E-state index < -0.39 is 22.0 Å². The van der Waals surface area contributed by atoms with Gasteiger partial charge in [-0.1, -0.05) is 6.08 Å². The van der Waals surface area contributed by atoms with Crippen LogP contribution in [0.15, 0.2) is 72.0 Å². The molecule has 1 aromatic heterocycles. The summed E-state index contributed by atoms with van der Waals surface area (Å²) in [5, 5.41) is 5.47. The lowest BCUT2D eigenvalue weighted by Crippen LogP contribution is -2.60. The van der Waals surface area contributed by atoms with Gasteiger partial charge >= 0.3 is 6.09 Å². The van der Waals surface area contributed by atoms with Crippen molar-refractivity contribution in [1.82, 2.24) is 20.6 Å². The lowest BCUT2D eigenvalue weighted by molar-refractivity contribution is 0.0439. The number of nitrogens with zero attached hydrogens (tertiary/aromatic N) is 2. The Bertz CT molecular complexity index is 1660. The number of carbonyl (C=O) groups is 1. The minimum atomic E-state index is -4.26. The largest absolute Gasteiger partial charge is 0.496 e. The summed E-state index contributed by atoms with van der Waals surface area (Å²) in [5.41, 5.74) is 0. The second kappa shape index (κ2) is 12.2. The third kappa shape index (κ3) is 6.59. The molecule has 0 bridgehead atoms. The van der Waals surface area contributed by atoms with Crippen LogP contribution in [-0.4, -0.2) is 57.9 Å². The molecule has 2 aromatic carbocycles. The summed E-state index contributed by atoms with van der Waals surface area (Å²) >= 11 is 0. The van der Waals surface area contributed by atoms with Crippen LogP contribution in [0.4, 0.5) is 10.6 Å². The fourth-order valence-electron chi connectivity index (χ4n) is 3.89. The van der Waals surface area contributed by atoms with Crippen molar-refractivity contribution in [3.05, 3.63) is 67.2 Å².